The third-order valence-corrected chi connectivity index (χ3v) is 2.03. The number of hydrogen-bond donors (Lipinski definition) is 0. The Bertz CT molecular complexity index is 215. The van der Waals surface area contributed by atoms with Gasteiger partial charge < -0.3 is 6.92 Å². The standard InChI is InChI=1S/C10H14NO2/c1-2-3-4-5-8-11-9(12)6-7-10(11)13/h6-7H,1-5,8H2/q-1. The third-order valence-electron chi connectivity index (χ3n) is 2.03. The second kappa shape index (κ2) is 4.80. The molecule has 1 heterocycles. The Morgan fingerprint density at radius 3 is 2.23 bits per heavy atom. The monoisotopic (exact) mass is 180 g/mol. The fraction of sp³-hybridized carbons (Fsp3) is 0.500. The predicted octanol–water partition coefficient (Wildman–Crippen LogP) is 1.31. The second-order valence-corrected chi connectivity index (χ2v) is 3.08. The van der Waals surface area contributed by atoms with E-state index in [-0.39, 0.29) is 11.8 Å². The van der Waals surface area contributed by atoms with Crippen molar-refractivity contribution in [2.45, 2.75) is 25.7 Å². The van der Waals surface area contributed by atoms with E-state index in [0.29, 0.717) is 6.54 Å². The molecule has 0 unspecified atom stereocenters. The van der Waals surface area contributed by atoms with Gasteiger partial charge in [-0.2, -0.15) is 6.42 Å². The second-order valence-electron chi connectivity index (χ2n) is 3.08. The molecule has 0 spiro atoms. The summed E-state index contributed by atoms with van der Waals surface area (Å²) in [6, 6.07) is 0. The van der Waals surface area contributed by atoms with Crippen molar-refractivity contribution in [2.75, 3.05) is 6.54 Å². The smallest absolute Gasteiger partial charge is 0.253 e. The highest BCUT2D eigenvalue weighted by Gasteiger charge is 2.21. The summed E-state index contributed by atoms with van der Waals surface area (Å²) in [5, 5.41) is 0. The lowest BCUT2D eigenvalue weighted by molar-refractivity contribution is -0.136. The summed E-state index contributed by atoms with van der Waals surface area (Å²) in [6.45, 7) is 4.27. The first-order valence-electron chi connectivity index (χ1n) is 4.58. The SMILES string of the molecule is [CH2-]CCCCCN1C(=O)C=CC1=O. The summed E-state index contributed by atoms with van der Waals surface area (Å²) in [5.41, 5.74) is 0. The minimum atomic E-state index is -0.181. The van der Waals surface area contributed by atoms with Crippen molar-refractivity contribution < 1.29 is 9.59 Å². The van der Waals surface area contributed by atoms with E-state index < -0.39 is 0 Å². The minimum Gasteiger partial charge on any atom is -0.343 e. The Morgan fingerprint density at radius 1 is 1.08 bits per heavy atom. The molecule has 2 amide bonds. The van der Waals surface area contributed by atoms with Gasteiger partial charge >= 0.3 is 0 Å². The molecule has 0 fully saturated rings. The largest absolute Gasteiger partial charge is 0.343 e. The van der Waals surface area contributed by atoms with Crippen molar-refractivity contribution in [2.24, 2.45) is 0 Å². The number of carbonyl (C=O) groups is 2. The fourth-order valence-electron chi connectivity index (χ4n) is 1.27. The Morgan fingerprint density at radius 2 is 1.69 bits per heavy atom. The van der Waals surface area contributed by atoms with Gasteiger partial charge in [-0.3, -0.25) is 14.5 Å². The highest BCUT2D eigenvalue weighted by atomic mass is 16.2. The number of hydrogen-bond acceptors (Lipinski definition) is 2. The first-order chi connectivity index (χ1) is 6.25. The Labute approximate surface area is 78.4 Å². The van der Waals surface area contributed by atoms with Crippen LogP contribution in [0.1, 0.15) is 25.7 Å². The normalized spacial score (nSPS) is 15.9. The molecule has 0 N–H and O–H groups in total. The molecule has 1 rings (SSSR count). The van der Waals surface area contributed by atoms with Crippen LogP contribution < -0.4 is 0 Å². The van der Waals surface area contributed by atoms with Crippen molar-refractivity contribution in [3.63, 3.8) is 0 Å². The molecule has 3 heteroatoms. The van der Waals surface area contributed by atoms with E-state index >= 15 is 0 Å². The maximum atomic E-state index is 11.1. The molecule has 0 radical (unpaired) electrons. The van der Waals surface area contributed by atoms with Gasteiger partial charge in [0.1, 0.15) is 0 Å². The van der Waals surface area contributed by atoms with Crippen LogP contribution >= 0.6 is 0 Å². The lowest BCUT2D eigenvalue weighted by Gasteiger charge is -2.12. The summed E-state index contributed by atoms with van der Waals surface area (Å²) < 4.78 is 0. The minimum absolute atomic E-state index is 0.181. The van der Waals surface area contributed by atoms with Crippen LogP contribution in [0.4, 0.5) is 0 Å². The number of imide groups is 1. The molecule has 0 aromatic carbocycles. The summed E-state index contributed by atoms with van der Waals surface area (Å²) in [4.78, 5) is 23.4. The van der Waals surface area contributed by atoms with Crippen molar-refractivity contribution >= 4 is 11.8 Å². The molecule has 0 aromatic heterocycles. The van der Waals surface area contributed by atoms with Crippen molar-refractivity contribution in [1.29, 1.82) is 0 Å². The van der Waals surface area contributed by atoms with Gasteiger partial charge in [-0.05, 0) is 6.42 Å². The molecule has 0 aromatic rings. The van der Waals surface area contributed by atoms with Crippen LogP contribution in [0.5, 0.6) is 0 Å². The lowest BCUT2D eigenvalue weighted by atomic mass is 10.2. The van der Waals surface area contributed by atoms with Crippen LogP contribution in [0.15, 0.2) is 12.2 Å². The van der Waals surface area contributed by atoms with Gasteiger partial charge in [0.2, 0.25) is 0 Å². The fourth-order valence-corrected chi connectivity index (χ4v) is 1.27. The van der Waals surface area contributed by atoms with Crippen LogP contribution in [0.3, 0.4) is 0 Å². The van der Waals surface area contributed by atoms with Crippen LogP contribution in [0.2, 0.25) is 0 Å². The molecule has 0 saturated heterocycles. The first-order valence-corrected chi connectivity index (χ1v) is 4.58. The maximum absolute atomic E-state index is 11.1. The van der Waals surface area contributed by atoms with Gasteiger partial charge in [-0.25, -0.2) is 0 Å². The zero-order chi connectivity index (χ0) is 9.68. The van der Waals surface area contributed by atoms with Crippen LogP contribution in [-0.2, 0) is 9.59 Å². The quantitative estimate of drug-likeness (QED) is 0.363. The molecular formula is C10H14NO2-. The first kappa shape index (κ1) is 9.96. The van der Waals surface area contributed by atoms with Crippen LogP contribution in [0, 0.1) is 6.92 Å². The average molecular weight is 180 g/mol. The Kier molecular flexibility index (Phi) is 3.68. The van der Waals surface area contributed by atoms with E-state index in [0.717, 1.165) is 25.7 Å². The molecule has 0 bridgehead atoms. The van der Waals surface area contributed by atoms with Crippen molar-refractivity contribution in [1.82, 2.24) is 4.90 Å². The predicted molar refractivity (Wildman–Crippen MR) is 49.7 cm³/mol. The number of carbonyl (C=O) groups excluding carboxylic acids is 2. The van der Waals surface area contributed by atoms with Gasteiger partial charge in [-0.1, -0.05) is 12.8 Å². The molecular weight excluding hydrogens is 166 g/mol. The summed E-state index contributed by atoms with van der Waals surface area (Å²) in [5.74, 6) is -0.362. The number of rotatable bonds is 5. The van der Waals surface area contributed by atoms with Crippen LogP contribution in [0.25, 0.3) is 0 Å². The van der Waals surface area contributed by atoms with Crippen molar-refractivity contribution in [3.05, 3.63) is 19.1 Å². The molecule has 0 aliphatic carbocycles. The number of amides is 2. The third kappa shape index (κ3) is 2.68. The Hall–Kier alpha value is -1.12. The van der Waals surface area contributed by atoms with Crippen LogP contribution in [-0.4, -0.2) is 23.3 Å². The van der Waals surface area contributed by atoms with E-state index in [9.17, 15) is 9.59 Å². The van der Waals surface area contributed by atoms with E-state index in [4.69, 9.17) is 0 Å². The molecule has 1 aliphatic rings. The number of nitrogens with zero attached hydrogens (tertiary/aromatic N) is 1. The van der Waals surface area contributed by atoms with Gasteiger partial charge in [0.25, 0.3) is 11.8 Å². The molecule has 1 aliphatic heterocycles. The summed E-state index contributed by atoms with van der Waals surface area (Å²) >= 11 is 0. The summed E-state index contributed by atoms with van der Waals surface area (Å²) in [6.07, 6.45) is 6.53. The molecule has 13 heavy (non-hydrogen) atoms. The number of unbranched alkanes of at least 4 members (excludes halogenated alkanes) is 3. The van der Waals surface area contributed by atoms with E-state index in [1.165, 1.54) is 17.1 Å². The van der Waals surface area contributed by atoms with Gasteiger partial charge in [-0.15, -0.1) is 0 Å². The van der Waals surface area contributed by atoms with E-state index in [1.54, 1.807) is 0 Å². The van der Waals surface area contributed by atoms with Gasteiger partial charge in [0.05, 0.1) is 0 Å². The zero-order valence-corrected chi connectivity index (χ0v) is 7.66. The van der Waals surface area contributed by atoms with E-state index in [2.05, 4.69) is 6.92 Å². The van der Waals surface area contributed by atoms with Gasteiger partial charge in [0.15, 0.2) is 0 Å². The maximum Gasteiger partial charge on any atom is 0.253 e. The molecule has 3 nitrogen and oxygen atoms in total. The molecule has 72 valence electrons. The lowest BCUT2D eigenvalue weighted by Crippen LogP contribution is -2.30. The highest BCUT2D eigenvalue weighted by molar-refractivity contribution is 6.12. The topological polar surface area (TPSA) is 37.4 Å². The zero-order valence-electron chi connectivity index (χ0n) is 7.66. The molecule has 0 saturated carbocycles. The van der Waals surface area contributed by atoms with E-state index in [1.807, 2.05) is 0 Å². The average Bonchev–Trinajstić information content (AvgIpc) is 2.42. The molecule has 0 atom stereocenters. The van der Waals surface area contributed by atoms with Crippen molar-refractivity contribution in [3.8, 4) is 0 Å². The Balaban J connectivity index is 2.22. The van der Waals surface area contributed by atoms with Gasteiger partial charge in [0, 0.05) is 18.7 Å². The highest BCUT2D eigenvalue weighted by Crippen LogP contribution is 2.06. The summed E-state index contributed by atoms with van der Waals surface area (Å²) in [7, 11) is 0.